The van der Waals surface area contributed by atoms with Gasteiger partial charge in [0.25, 0.3) is 5.91 Å². The lowest BCUT2D eigenvalue weighted by atomic mass is 10.1. The Morgan fingerprint density at radius 3 is 2.50 bits per heavy atom. The molecule has 0 unspecified atom stereocenters. The van der Waals surface area contributed by atoms with E-state index < -0.39 is 5.97 Å². The predicted molar refractivity (Wildman–Crippen MR) is 94.7 cm³/mol. The van der Waals surface area contributed by atoms with Crippen molar-refractivity contribution in [2.45, 2.75) is 13.8 Å². The highest BCUT2D eigenvalue weighted by molar-refractivity contribution is 5.96. The number of carbonyl (C=O) groups is 2. The van der Waals surface area contributed by atoms with Crippen molar-refractivity contribution in [1.29, 1.82) is 0 Å². The summed E-state index contributed by atoms with van der Waals surface area (Å²) in [5, 5.41) is 2.57. The van der Waals surface area contributed by atoms with E-state index in [0.29, 0.717) is 5.56 Å². The van der Waals surface area contributed by atoms with Gasteiger partial charge in [-0.1, -0.05) is 42.5 Å². The molecule has 0 aliphatic heterocycles. The normalized spacial score (nSPS) is 10.6. The topological polar surface area (TPSA) is 55.4 Å². The Morgan fingerprint density at radius 1 is 1.04 bits per heavy atom. The zero-order valence-corrected chi connectivity index (χ0v) is 13.9. The van der Waals surface area contributed by atoms with Gasteiger partial charge in [0.1, 0.15) is 13.2 Å². The van der Waals surface area contributed by atoms with Crippen LogP contribution in [-0.2, 0) is 9.53 Å². The van der Waals surface area contributed by atoms with E-state index in [0.717, 1.165) is 16.7 Å². The summed E-state index contributed by atoms with van der Waals surface area (Å²) in [7, 11) is 0. The third-order valence-electron chi connectivity index (χ3n) is 3.61. The van der Waals surface area contributed by atoms with Crippen LogP contribution in [0, 0.1) is 13.8 Å². The lowest BCUT2D eigenvalue weighted by molar-refractivity contribution is -0.141. The van der Waals surface area contributed by atoms with Gasteiger partial charge >= 0.3 is 5.97 Å². The molecule has 0 spiro atoms. The van der Waals surface area contributed by atoms with Crippen molar-refractivity contribution < 1.29 is 14.3 Å². The molecule has 4 nitrogen and oxygen atoms in total. The summed E-state index contributed by atoms with van der Waals surface area (Å²) in [4.78, 5) is 23.6. The van der Waals surface area contributed by atoms with Crippen LogP contribution in [0.3, 0.4) is 0 Å². The zero-order chi connectivity index (χ0) is 17.4. The molecule has 1 amide bonds. The van der Waals surface area contributed by atoms with Gasteiger partial charge in [0.05, 0.1) is 0 Å². The molecule has 0 fully saturated rings. The standard InChI is InChI=1S/C20H21NO3/c1-15-10-11-18(13-16(15)2)20(23)21-14-19(22)24-12-6-9-17-7-4-3-5-8-17/h3-11,13H,12,14H2,1-2H3,(H,21,23)/b9-6+. The Balaban J connectivity index is 1.73. The number of hydrogen-bond donors (Lipinski definition) is 1. The second-order valence-corrected chi connectivity index (χ2v) is 5.48. The second kappa shape index (κ2) is 8.67. The van der Waals surface area contributed by atoms with Gasteiger partial charge in [0.15, 0.2) is 0 Å². The van der Waals surface area contributed by atoms with Crippen molar-refractivity contribution >= 4 is 18.0 Å². The van der Waals surface area contributed by atoms with Gasteiger partial charge in [0.2, 0.25) is 0 Å². The fourth-order valence-corrected chi connectivity index (χ4v) is 2.08. The second-order valence-electron chi connectivity index (χ2n) is 5.48. The van der Waals surface area contributed by atoms with Gasteiger partial charge in [-0.25, -0.2) is 0 Å². The lowest BCUT2D eigenvalue weighted by Crippen LogP contribution is -2.30. The summed E-state index contributed by atoms with van der Waals surface area (Å²) in [5.41, 5.74) is 3.74. The van der Waals surface area contributed by atoms with Crippen molar-refractivity contribution in [3.63, 3.8) is 0 Å². The molecule has 0 saturated heterocycles. The van der Waals surface area contributed by atoms with E-state index in [4.69, 9.17) is 4.74 Å². The number of carbonyl (C=O) groups excluding carboxylic acids is 2. The van der Waals surface area contributed by atoms with Crippen LogP contribution in [0.2, 0.25) is 0 Å². The minimum absolute atomic E-state index is 0.148. The Kier molecular flexibility index (Phi) is 6.32. The van der Waals surface area contributed by atoms with Crippen LogP contribution in [0.1, 0.15) is 27.0 Å². The number of aryl methyl sites for hydroxylation is 2. The maximum atomic E-state index is 12.0. The molecule has 2 aromatic rings. The van der Waals surface area contributed by atoms with Gasteiger partial charge in [-0.3, -0.25) is 9.59 Å². The minimum Gasteiger partial charge on any atom is -0.460 e. The molecule has 0 heterocycles. The zero-order valence-electron chi connectivity index (χ0n) is 13.9. The number of rotatable bonds is 6. The number of esters is 1. The van der Waals surface area contributed by atoms with Crippen molar-refractivity contribution in [3.8, 4) is 0 Å². The Labute approximate surface area is 142 Å². The Bertz CT molecular complexity index is 736. The van der Waals surface area contributed by atoms with Crippen LogP contribution < -0.4 is 5.32 Å². The van der Waals surface area contributed by atoms with Gasteiger partial charge in [-0.05, 0) is 48.7 Å². The minimum atomic E-state index is -0.468. The van der Waals surface area contributed by atoms with E-state index >= 15 is 0 Å². The van der Waals surface area contributed by atoms with Crippen LogP contribution >= 0.6 is 0 Å². The smallest absolute Gasteiger partial charge is 0.325 e. The number of amides is 1. The Morgan fingerprint density at radius 2 is 1.79 bits per heavy atom. The van der Waals surface area contributed by atoms with E-state index in [1.165, 1.54) is 0 Å². The third kappa shape index (κ3) is 5.39. The van der Waals surface area contributed by atoms with Crippen molar-refractivity contribution in [2.24, 2.45) is 0 Å². The average molecular weight is 323 g/mol. The summed E-state index contributed by atoms with van der Waals surface area (Å²) >= 11 is 0. The number of nitrogens with one attached hydrogen (secondary N) is 1. The lowest BCUT2D eigenvalue weighted by Gasteiger charge is -2.07. The van der Waals surface area contributed by atoms with Crippen molar-refractivity contribution in [2.75, 3.05) is 13.2 Å². The summed E-state index contributed by atoms with van der Waals surface area (Å²) < 4.78 is 5.05. The Hall–Kier alpha value is -2.88. The predicted octanol–water partition coefficient (Wildman–Crippen LogP) is 3.29. The third-order valence-corrected chi connectivity index (χ3v) is 3.61. The molecule has 0 bridgehead atoms. The molecule has 1 N–H and O–H groups in total. The van der Waals surface area contributed by atoms with Crippen LogP contribution in [-0.4, -0.2) is 25.0 Å². The van der Waals surface area contributed by atoms with E-state index in [1.54, 1.807) is 18.2 Å². The van der Waals surface area contributed by atoms with Crippen LogP contribution in [0.25, 0.3) is 6.08 Å². The molecule has 0 aliphatic rings. The first-order valence-electron chi connectivity index (χ1n) is 7.79. The molecular formula is C20H21NO3. The number of hydrogen-bond acceptors (Lipinski definition) is 3. The molecule has 0 atom stereocenters. The fraction of sp³-hybridized carbons (Fsp3) is 0.200. The first-order chi connectivity index (χ1) is 11.6. The monoisotopic (exact) mass is 323 g/mol. The summed E-state index contributed by atoms with van der Waals surface area (Å²) in [6.45, 7) is 3.95. The largest absolute Gasteiger partial charge is 0.460 e. The summed E-state index contributed by atoms with van der Waals surface area (Å²) in [5.74, 6) is -0.750. The van der Waals surface area contributed by atoms with Crippen LogP contribution in [0.5, 0.6) is 0 Å². The first kappa shape index (κ1) is 17.5. The summed E-state index contributed by atoms with van der Waals surface area (Å²) in [6, 6.07) is 15.2. The molecule has 2 aromatic carbocycles. The molecule has 0 aliphatic carbocycles. The molecule has 24 heavy (non-hydrogen) atoms. The van der Waals surface area contributed by atoms with Crippen molar-refractivity contribution in [3.05, 3.63) is 76.9 Å². The van der Waals surface area contributed by atoms with Gasteiger partial charge < -0.3 is 10.1 Å². The maximum absolute atomic E-state index is 12.0. The SMILES string of the molecule is Cc1ccc(C(=O)NCC(=O)OC/C=C/c2ccccc2)cc1C. The molecule has 0 aromatic heterocycles. The van der Waals surface area contributed by atoms with Crippen LogP contribution in [0.4, 0.5) is 0 Å². The van der Waals surface area contributed by atoms with Gasteiger partial charge in [0, 0.05) is 5.56 Å². The molecule has 4 heteroatoms. The highest BCUT2D eigenvalue weighted by Gasteiger charge is 2.09. The van der Waals surface area contributed by atoms with Crippen LogP contribution in [0.15, 0.2) is 54.6 Å². The molecule has 124 valence electrons. The fourth-order valence-electron chi connectivity index (χ4n) is 2.08. The highest BCUT2D eigenvalue weighted by atomic mass is 16.5. The van der Waals surface area contributed by atoms with Gasteiger partial charge in [-0.15, -0.1) is 0 Å². The quantitative estimate of drug-likeness (QED) is 0.830. The number of ether oxygens (including phenoxy) is 1. The molecule has 0 radical (unpaired) electrons. The van der Waals surface area contributed by atoms with E-state index in [-0.39, 0.29) is 19.1 Å². The van der Waals surface area contributed by atoms with E-state index in [2.05, 4.69) is 5.32 Å². The first-order valence-corrected chi connectivity index (χ1v) is 7.79. The highest BCUT2D eigenvalue weighted by Crippen LogP contribution is 2.09. The molecule has 0 saturated carbocycles. The van der Waals surface area contributed by atoms with Crippen molar-refractivity contribution in [1.82, 2.24) is 5.32 Å². The number of benzene rings is 2. The molecular weight excluding hydrogens is 302 g/mol. The van der Waals surface area contributed by atoms with Gasteiger partial charge in [-0.2, -0.15) is 0 Å². The van der Waals surface area contributed by atoms with E-state index in [1.807, 2.05) is 56.3 Å². The summed E-state index contributed by atoms with van der Waals surface area (Å²) in [6.07, 6.45) is 3.64. The van der Waals surface area contributed by atoms with E-state index in [9.17, 15) is 9.59 Å². The maximum Gasteiger partial charge on any atom is 0.325 e. The average Bonchev–Trinajstić information content (AvgIpc) is 2.60. The molecule has 2 rings (SSSR count).